The molecule has 19 heavy (non-hydrogen) atoms. The van der Waals surface area contributed by atoms with Gasteiger partial charge in [0.1, 0.15) is 0 Å². The summed E-state index contributed by atoms with van der Waals surface area (Å²) in [7, 11) is 1.82. The number of aliphatic carboxylic acids is 1. The molecule has 0 aliphatic heterocycles. The molecule has 0 bridgehead atoms. The summed E-state index contributed by atoms with van der Waals surface area (Å²) >= 11 is 0. The Balaban J connectivity index is 1.73. The quantitative estimate of drug-likeness (QED) is 0.790. The van der Waals surface area contributed by atoms with Crippen LogP contribution in [0.15, 0.2) is 12.2 Å². The first-order chi connectivity index (χ1) is 9.19. The molecule has 0 spiro atoms. The van der Waals surface area contributed by atoms with Crippen LogP contribution in [0.5, 0.6) is 0 Å². The average Bonchev–Trinajstić information content (AvgIpc) is 2.46. The summed E-state index contributed by atoms with van der Waals surface area (Å²) in [6, 6.07) is 0. The maximum absolute atomic E-state index is 10.5. The molecule has 3 nitrogen and oxygen atoms in total. The van der Waals surface area contributed by atoms with Crippen molar-refractivity contribution in [3.05, 3.63) is 12.2 Å². The van der Waals surface area contributed by atoms with Gasteiger partial charge in [-0.25, -0.2) is 4.79 Å². The second-order valence-electron chi connectivity index (χ2n) is 6.14. The van der Waals surface area contributed by atoms with Crippen LogP contribution < -0.4 is 0 Å². The smallest absolute Gasteiger partial charge is 0.327 e. The molecule has 2 fully saturated rings. The molecular formula is C16H26O3. The standard InChI is InChI=1S/C16H26O3/c1-19-15-9-7-14(8-10-15)13-5-2-12(3-6-13)4-11-16(17)18/h4,11-15H,2-3,5-10H2,1H3,(H,17,18). The number of carbonyl (C=O) groups is 1. The van der Waals surface area contributed by atoms with Crippen molar-refractivity contribution in [3.63, 3.8) is 0 Å². The highest BCUT2D eigenvalue weighted by Crippen LogP contribution is 2.40. The predicted octanol–water partition coefficient (Wildman–Crippen LogP) is 3.64. The van der Waals surface area contributed by atoms with E-state index in [2.05, 4.69) is 0 Å². The number of methoxy groups -OCH3 is 1. The predicted molar refractivity (Wildman–Crippen MR) is 75.0 cm³/mol. The van der Waals surface area contributed by atoms with Crippen LogP contribution in [0.4, 0.5) is 0 Å². The van der Waals surface area contributed by atoms with Crippen LogP contribution >= 0.6 is 0 Å². The van der Waals surface area contributed by atoms with Gasteiger partial charge in [0.15, 0.2) is 0 Å². The molecule has 2 aliphatic carbocycles. The topological polar surface area (TPSA) is 46.5 Å². The van der Waals surface area contributed by atoms with Crippen LogP contribution in [0, 0.1) is 17.8 Å². The minimum absolute atomic E-state index is 0.489. The van der Waals surface area contributed by atoms with E-state index in [0.717, 1.165) is 11.8 Å². The Hall–Kier alpha value is -0.830. The fourth-order valence-electron chi connectivity index (χ4n) is 3.82. The monoisotopic (exact) mass is 266 g/mol. The van der Waals surface area contributed by atoms with Gasteiger partial charge in [-0.1, -0.05) is 6.08 Å². The van der Waals surface area contributed by atoms with Crippen molar-refractivity contribution in [2.45, 2.75) is 57.5 Å². The van der Waals surface area contributed by atoms with Crippen LogP contribution in [0.25, 0.3) is 0 Å². The van der Waals surface area contributed by atoms with E-state index in [9.17, 15) is 4.79 Å². The summed E-state index contributed by atoms with van der Waals surface area (Å²) in [4.78, 5) is 10.5. The Morgan fingerprint density at radius 3 is 2.00 bits per heavy atom. The Kier molecular flexibility index (Phi) is 5.44. The number of carboxylic acid groups (broad SMARTS) is 1. The molecule has 2 rings (SSSR count). The Labute approximate surface area is 116 Å². The Bertz CT molecular complexity index is 308. The molecule has 0 aromatic heterocycles. The van der Waals surface area contributed by atoms with E-state index in [-0.39, 0.29) is 0 Å². The van der Waals surface area contributed by atoms with Gasteiger partial charge < -0.3 is 9.84 Å². The molecule has 0 unspecified atom stereocenters. The lowest BCUT2D eigenvalue weighted by molar-refractivity contribution is -0.131. The highest BCUT2D eigenvalue weighted by molar-refractivity contribution is 5.79. The third kappa shape index (κ3) is 4.34. The zero-order chi connectivity index (χ0) is 13.7. The largest absolute Gasteiger partial charge is 0.478 e. The Morgan fingerprint density at radius 2 is 1.53 bits per heavy atom. The van der Waals surface area contributed by atoms with Gasteiger partial charge in [-0.3, -0.25) is 0 Å². The summed E-state index contributed by atoms with van der Waals surface area (Å²) in [5.41, 5.74) is 0. The second-order valence-corrected chi connectivity index (χ2v) is 6.14. The van der Waals surface area contributed by atoms with Crippen molar-refractivity contribution in [2.24, 2.45) is 17.8 Å². The molecular weight excluding hydrogens is 240 g/mol. The molecule has 0 aromatic rings. The van der Waals surface area contributed by atoms with E-state index >= 15 is 0 Å². The number of carboxylic acids is 1. The molecule has 2 saturated carbocycles. The number of rotatable bonds is 4. The van der Waals surface area contributed by atoms with Gasteiger partial charge in [0.25, 0.3) is 0 Å². The fourth-order valence-corrected chi connectivity index (χ4v) is 3.82. The number of allylic oxidation sites excluding steroid dienone is 1. The average molecular weight is 266 g/mol. The molecule has 0 saturated heterocycles. The van der Waals surface area contributed by atoms with E-state index < -0.39 is 5.97 Å². The molecule has 0 heterocycles. The van der Waals surface area contributed by atoms with Crippen molar-refractivity contribution in [1.29, 1.82) is 0 Å². The summed E-state index contributed by atoms with van der Waals surface area (Å²) in [5, 5.41) is 8.65. The van der Waals surface area contributed by atoms with Gasteiger partial charge in [0.05, 0.1) is 6.10 Å². The van der Waals surface area contributed by atoms with Crippen molar-refractivity contribution in [1.82, 2.24) is 0 Å². The van der Waals surface area contributed by atoms with Crippen molar-refractivity contribution >= 4 is 5.97 Å². The first-order valence-electron chi connectivity index (χ1n) is 7.63. The summed E-state index contributed by atoms with van der Waals surface area (Å²) in [6.07, 6.45) is 13.7. The molecule has 0 amide bonds. The van der Waals surface area contributed by atoms with Crippen LogP contribution in [0.1, 0.15) is 51.4 Å². The lowest BCUT2D eigenvalue weighted by Crippen LogP contribution is -2.27. The van der Waals surface area contributed by atoms with E-state index in [0.29, 0.717) is 12.0 Å². The van der Waals surface area contributed by atoms with Crippen molar-refractivity contribution in [2.75, 3.05) is 7.11 Å². The van der Waals surface area contributed by atoms with Gasteiger partial charge in [0.2, 0.25) is 0 Å². The van der Waals surface area contributed by atoms with Gasteiger partial charge in [-0.15, -0.1) is 0 Å². The van der Waals surface area contributed by atoms with Crippen LogP contribution in [-0.2, 0) is 9.53 Å². The SMILES string of the molecule is COC1CCC(C2CCC(C=CC(=O)O)CC2)CC1. The molecule has 108 valence electrons. The first-order valence-corrected chi connectivity index (χ1v) is 7.63. The first kappa shape index (κ1) is 14.6. The molecule has 0 aromatic carbocycles. The van der Waals surface area contributed by atoms with Gasteiger partial charge in [-0.2, -0.15) is 0 Å². The van der Waals surface area contributed by atoms with Crippen LogP contribution in [-0.4, -0.2) is 24.3 Å². The lowest BCUT2D eigenvalue weighted by Gasteiger charge is -2.37. The van der Waals surface area contributed by atoms with E-state index in [1.807, 2.05) is 13.2 Å². The Morgan fingerprint density at radius 1 is 1.00 bits per heavy atom. The highest BCUT2D eigenvalue weighted by Gasteiger charge is 2.30. The maximum atomic E-state index is 10.5. The normalized spacial score (nSPS) is 36.5. The third-order valence-corrected chi connectivity index (χ3v) is 5.05. The zero-order valence-electron chi connectivity index (χ0n) is 11.9. The lowest BCUT2D eigenvalue weighted by atomic mass is 9.70. The highest BCUT2D eigenvalue weighted by atomic mass is 16.5. The number of hydrogen-bond acceptors (Lipinski definition) is 2. The van der Waals surface area contributed by atoms with E-state index in [1.54, 1.807) is 0 Å². The summed E-state index contributed by atoms with van der Waals surface area (Å²) in [6.45, 7) is 0. The van der Waals surface area contributed by atoms with Gasteiger partial charge in [-0.05, 0) is 69.1 Å². The van der Waals surface area contributed by atoms with Gasteiger partial charge in [0, 0.05) is 13.2 Å². The molecule has 3 heteroatoms. The van der Waals surface area contributed by atoms with Crippen molar-refractivity contribution in [3.8, 4) is 0 Å². The van der Waals surface area contributed by atoms with Crippen LogP contribution in [0.2, 0.25) is 0 Å². The minimum Gasteiger partial charge on any atom is -0.478 e. The molecule has 0 atom stereocenters. The summed E-state index contributed by atoms with van der Waals surface area (Å²) < 4.78 is 5.43. The second kappa shape index (κ2) is 7.09. The number of hydrogen-bond donors (Lipinski definition) is 1. The molecule has 1 N–H and O–H groups in total. The van der Waals surface area contributed by atoms with E-state index in [4.69, 9.17) is 9.84 Å². The summed E-state index contributed by atoms with van der Waals surface area (Å²) in [5.74, 6) is 1.42. The van der Waals surface area contributed by atoms with Gasteiger partial charge >= 0.3 is 5.97 Å². The van der Waals surface area contributed by atoms with Crippen molar-refractivity contribution < 1.29 is 14.6 Å². The van der Waals surface area contributed by atoms with E-state index in [1.165, 1.54) is 57.4 Å². The maximum Gasteiger partial charge on any atom is 0.327 e. The molecule has 2 aliphatic rings. The molecule has 0 radical (unpaired) electrons. The fraction of sp³-hybridized carbons (Fsp3) is 0.812. The zero-order valence-corrected chi connectivity index (χ0v) is 11.9. The minimum atomic E-state index is -0.819. The van der Waals surface area contributed by atoms with Crippen LogP contribution in [0.3, 0.4) is 0 Å². The number of ether oxygens (including phenoxy) is 1. The third-order valence-electron chi connectivity index (χ3n) is 5.05.